The molecular weight excluding hydrogens is 196 g/mol. The van der Waals surface area contributed by atoms with E-state index in [1.165, 1.54) is 0 Å². The average molecular weight is 205 g/mol. The summed E-state index contributed by atoms with van der Waals surface area (Å²) in [5.74, 6) is -0.356. The second-order valence-electron chi connectivity index (χ2n) is 1.74. The highest BCUT2D eigenvalue weighted by molar-refractivity contribution is 9.11. The van der Waals surface area contributed by atoms with E-state index in [-0.39, 0.29) is 12.6 Å². The van der Waals surface area contributed by atoms with Crippen LogP contribution in [0.2, 0.25) is 0 Å². The van der Waals surface area contributed by atoms with Gasteiger partial charge >= 0.3 is 5.97 Å². The number of hydrogen-bond donors (Lipinski definition) is 0. The molecule has 0 radical (unpaired) electrons. The van der Waals surface area contributed by atoms with E-state index in [2.05, 4.69) is 27.2 Å². The number of carbonyl (C=O) groups is 1. The minimum atomic E-state index is -0.356. The molecule has 3 heteroatoms. The largest absolute Gasteiger partial charge is 0.458 e. The lowest BCUT2D eigenvalue weighted by Crippen LogP contribution is -2.04. The predicted molar refractivity (Wildman–Crippen MR) is 43.8 cm³/mol. The van der Waals surface area contributed by atoms with Crippen LogP contribution < -0.4 is 0 Å². The lowest BCUT2D eigenvalue weighted by atomic mass is 10.4. The molecule has 0 spiro atoms. The maximum Gasteiger partial charge on any atom is 0.333 e. The van der Waals surface area contributed by atoms with Gasteiger partial charge in [0.1, 0.15) is 6.61 Å². The van der Waals surface area contributed by atoms with Crippen LogP contribution in [0.15, 0.2) is 23.2 Å². The van der Waals surface area contributed by atoms with Crippen molar-refractivity contribution in [1.29, 1.82) is 0 Å². The number of ether oxygens (including phenoxy) is 1. The second kappa shape index (κ2) is 5.23. The molecule has 0 saturated carbocycles. The Bertz CT molecular complexity index is 161. The molecule has 0 aromatic heterocycles. The van der Waals surface area contributed by atoms with Crippen molar-refractivity contribution in [3.8, 4) is 0 Å². The Balaban J connectivity index is 3.50. The maximum atomic E-state index is 10.6. The first kappa shape index (κ1) is 9.43. The van der Waals surface area contributed by atoms with Gasteiger partial charge in [0.15, 0.2) is 0 Å². The van der Waals surface area contributed by atoms with E-state index >= 15 is 0 Å². The second-order valence-corrected chi connectivity index (χ2v) is 2.27. The summed E-state index contributed by atoms with van der Waals surface area (Å²) < 4.78 is 4.69. The molecule has 0 aromatic rings. The zero-order valence-electron chi connectivity index (χ0n) is 5.76. The Morgan fingerprint density at radius 1 is 1.80 bits per heavy atom. The van der Waals surface area contributed by atoms with Crippen LogP contribution in [-0.4, -0.2) is 12.6 Å². The van der Waals surface area contributed by atoms with Crippen molar-refractivity contribution in [1.82, 2.24) is 0 Å². The van der Waals surface area contributed by atoms with Crippen molar-refractivity contribution < 1.29 is 9.53 Å². The molecule has 56 valence electrons. The van der Waals surface area contributed by atoms with Crippen molar-refractivity contribution in [2.45, 2.75) is 6.92 Å². The van der Waals surface area contributed by atoms with Crippen LogP contribution in [0.25, 0.3) is 0 Å². The van der Waals surface area contributed by atoms with Crippen LogP contribution in [0.5, 0.6) is 0 Å². The summed E-state index contributed by atoms with van der Waals surface area (Å²) >= 11 is 3.04. The molecule has 0 atom stereocenters. The van der Waals surface area contributed by atoms with Gasteiger partial charge in [-0.1, -0.05) is 22.5 Å². The number of carbonyl (C=O) groups excluding carboxylic acids is 1. The van der Waals surface area contributed by atoms with E-state index < -0.39 is 0 Å². The topological polar surface area (TPSA) is 26.3 Å². The van der Waals surface area contributed by atoms with E-state index in [1.54, 1.807) is 18.0 Å². The molecular formula is C7H9BrO2. The smallest absolute Gasteiger partial charge is 0.333 e. The van der Waals surface area contributed by atoms with Gasteiger partial charge in [0.25, 0.3) is 0 Å². The van der Waals surface area contributed by atoms with Crippen molar-refractivity contribution in [3.05, 3.63) is 23.2 Å². The molecule has 0 unspecified atom stereocenters. The SMILES string of the molecule is C=C(C)C(=O)OCC=CBr. The van der Waals surface area contributed by atoms with Gasteiger partial charge in [-0.2, -0.15) is 0 Å². The lowest BCUT2D eigenvalue weighted by molar-refractivity contribution is -0.137. The quantitative estimate of drug-likeness (QED) is 0.520. The zero-order valence-corrected chi connectivity index (χ0v) is 7.35. The van der Waals surface area contributed by atoms with Crippen molar-refractivity contribution >= 4 is 21.9 Å². The number of rotatable bonds is 3. The first-order valence-corrected chi connectivity index (χ1v) is 3.68. The summed E-state index contributed by atoms with van der Waals surface area (Å²) in [7, 11) is 0. The highest BCUT2D eigenvalue weighted by Crippen LogP contribution is 1.92. The molecule has 0 heterocycles. The van der Waals surface area contributed by atoms with Crippen LogP contribution in [0.1, 0.15) is 6.92 Å². The number of hydrogen-bond acceptors (Lipinski definition) is 2. The van der Waals surface area contributed by atoms with Crippen molar-refractivity contribution in [2.24, 2.45) is 0 Å². The Morgan fingerprint density at radius 2 is 2.40 bits per heavy atom. The fraction of sp³-hybridized carbons (Fsp3) is 0.286. The van der Waals surface area contributed by atoms with Gasteiger partial charge < -0.3 is 4.74 Å². The molecule has 10 heavy (non-hydrogen) atoms. The third-order valence-electron chi connectivity index (χ3n) is 0.748. The summed E-state index contributed by atoms with van der Waals surface area (Å²) in [5, 5.41) is 0. The van der Waals surface area contributed by atoms with Gasteiger partial charge in [-0.25, -0.2) is 4.79 Å². The molecule has 0 bridgehead atoms. The van der Waals surface area contributed by atoms with Gasteiger partial charge in [0, 0.05) is 5.57 Å². The maximum absolute atomic E-state index is 10.6. The van der Waals surface area contributed by atoms with E-state index in [9.17, 15) is 4.79 Å². The summed E-state index contributed by atoms with van der Waals surface area (Å²) in [6.07, 6.45) is 1.68. The number of halogens is 1. The Morgan fingerprint density at radius 3 is 2.80 bits per heavy atom. The standard InChI is InChI=1S/C7H9BrO2/c1-6(2)7(9)10-5-3-4-8/h3-4H,1,5H2,2H3. The van der Waals surface area contributed by atoms with Crippen LogP contribution in [0.4, 0.5) is 0 Å². The third kappa shape index (κ3) is 4.32. The minimum absolute atomic E-state index is 0.289. The molecule has 0 fully saturated rings. The normalized spacial score (nSPS) is 9.80. The molecule has 0 aromatic carbocycles. The summed E-state index contributed by atoms with van der Waals surface area (Å²) in [6.45, 7) is 5.32. The first-order valence-electron chi connectivity index (χ1n) is 2.76. The summed E-state index contributed by atoms with van der Waals surface area (Å²) in [5.41, 5.74) is 0.419. The average Bonchev–Trinajstić information content (AvgIpc) is 1.88. The van der Waals surface area contributed by atoms with E-state index in [1.807, 2.05) is 0 Å². The molecule has 0 N–H and O–H groups in total. The highest BCUT2D eigenvalue weighted by atomic mass is 79.9. The zero-order chi connectivity index (χ0) is 7.98. The third-order valence-corrected chi connectivity index (χ3v) is 1.12. The van der Waals surface area contributed by atoms with Crippen LogP contribution in [0.3, 0.4) is 0 Å². The highest BCUT2D eigenvalue weighted by Gasteiger charge is 1.99. The Labute approximate surface area is 68.7 Å². The Hall–Kier alpha value is -0.570. The van der Waals surface area contributed by atoms with Crippen molar-refractivity contribution in [3.63, 3.8) is 0 Å². The monoisotopic (exact) mass is 204 g/mol. The van der Waals surface area contributed by atoms with Crippen LogP contribution in [-0.2, 0) is 9.53 Å². The van der Waals surface area contributed by atoms with Crippen LogP contribution in [0, 0.1) is 0 Å². The molecule has 2 nitrogen and oxygen atoms in total. The Kier molecular flexibility index (Phi) is 4.94. The molecule has 0 amide bonds. The molecule has 0 aliphatic rings. The van der Waals surface area contributed by atoms with E-state index in [0.29, 0.717) is 5.57 Å². The molecule has 0 aliphatic heterocycles. The molecule has 0 saturated heterocycles. The van der Waals surface area contributed by atoms with Gasteiger partial charge in [-0.3, -0.25) is 0 Å². The van der Waals surface area contributed by atoms with Crippen molar-refractivity contribution in [2.75, 3.05) is 6.61 Å². The van der Waals surface area contributed by atoms with Crippen LogP contribution >= 0.6 is 15.9 Å². The fourth-order valence-corrected chi connectivity index (χ4v) is 0.436. The summed E-state index contributed by atoms with van der Waals surface area (Å²) in [4.78, 5) is 12.3. The predicted octanol–water partition coefficient (Wildman–Crippen LogP) is 2.01. The van der Waals surface area contributed by atoms with Gasteiger partial charge in [-0.05, 0) is 18.0 Å². The van der Waals surface area contributed by atoms with E-state index in [0.717, 1.165) is 0 Å². The lowest BCUT2D eigenvalue weighted by Gasteiger charge is -1.98. The van der Waals surface area contributed by atoms with Gasteiger partial charge in [0.05, 0.1) is 0 Å². The summed E-state index contributed by atoms with van der Waals surface area (Å²) in [6, 6.07) is 0. The molecule has 0 aliphatic carbocycles. The van der Waals surface area contributed by atoms with Gasteiger partial charge in [-0.15, -0.1) is 0 Å². The van der Waals surface area contributed by atoms with Gasteiger partial charge in [0.2, 0.25) is 0 Å². The minimum Gasteiger partial charge on any atom is -0.458 e. The fourth-order valence-electron chi connectivity index (χ4n) is 0.283. The van der Waals surface area contributed by atoms with E-state index in [4.69, 9.17) is 0 Å². The number of esters is 1. The molecule has 0 rings (SSSR count). The first-order chi connectivity index (χ1) is 4.68.